The summed E-state index contributed by atoms with van der Waals surface area (Å²) in [6, 6.07) is 19.2. The maximum atomic E-state index is 13.3. The number of anilines is 1. The Morgan fingerprint density at radius 2 is 1.82 bits per heavy atom. The average molecular weight is 573 g/mol. The van der Waals surface area contributed by atoms with E-state index in [9.17, 15) is 22.6 Å². The first-order valence-electron chi connectivity index (χ1n) is 12.2. The summed E-state index contributed by atoms with van der Waals surface area (Å²) in [7, 11) is -4.06. The Hall–Kier alpha value is -2.99. The smallest absolute Gasteiger partial charge is 0.270 e. The molecular weight excluding hydrogens is 543 g/mol. The fourth-order valence-electron chi connectivity index (χ4n) is 4.34. The Bertz CT molecular complexity index is 1610. The molecule has 8 nitrogen and oxygen atoms in total. The van der Waals surface area contributed by atoms with Crippen molar-refractivity contribution in [2.75, 3.05) is 23.0 Å². The van der Waals surface area contributed by atoms with Gasteiger partial charge in [0.1, 0.15) is 15.7 Å². The van der Waals surface area contributed by atoms with Gasteiger partial charge in [-0.1, -0.05) is 60.3 Å². The van der Waals surface area contributed by atoms with Crippen LogP contribution in [0.3, 0.4) is 0 Å². The quantitative estimate of drug-likeness (QED) is 0.313. The van der Waals surface area contributed by atoms with Gasteiger partial charge in [0.05, 0.1) is 17.6 Å². The van der Waals surface area contributed by atoms with E-state index in [2.05, 4.69) is 4.58 Å². The fraction of sp³-hybridized carbons (Fsp3) is 0.296. The molecule has 0 saturated carbocycles. The van der Waals surface area contributed by atoms with Crippen LogP contribution in [0.1, 0.15) is 31.9 Å². The Morgan fingerprint density at radius 1 is 1.16 bits per heavy atom. The molecule has 2 aromatic carbocycles. The Kier molecular flexibility index (Phi) is 9.03. The molecule has 1 aliphatic rings. The van der Waals surface area contributed by atoms with Gasteiger partial charge < -0.3 is 0 Å². The van der Waals surface area contributed by atoms with E-state index >= 15 is 0 Å². The monoisotopic (exact) mass is 572 g/mol. The number of amides is 1. The third kappa shape index (κ3) is 6.71. The van der Waals surface area contributed by atoms with Crippen molar-refractivity contribution in [2.45, 2.75) is 32.9 Å². The van der Waals surface area contributed by atoms with E-state index in [1.54, 1.807) is 22.5 Å². The van der Waals surface area contributed by atoms with Crippen molar-refractivity contribution in [3.8, 4) is 0 Å². The standard InChI is InChI=1S/C27H29N3O5S3/c1-3-28-26(37-24(27(28)32)18-30(20(2)31)22-13-8-5-9-14-22)17-25-29(15-10-16-38(33,34)35)23(19-36-25)21-11-6-4-7-12-21/h4-9,11-14,17-18,23H,3,10,15-16,19H2,1-2H3/p+1/b24-18+/t23-/m1/s1. The van der Waals surface area contributed by atoms with Gasteiger partial charge >= 0.3 is 0 Å². The predicted octanol–water partition coefficient (Wildman–Crippen LogP) is 2.68. The van der Waals surface area contributed by atoms with Gasteiger partial charge in [0.25, 0.3) is 15.7 Å². The number of hydrogen-bond donors (Lipinski definition) is 1. The van der Waals surface area contributed by atoms with E-state index in [1.807, 2.05) is 73.7 Å². The number of rotatable bonds is 9. The van der Waals surface area contributed by atoms with Crippen molar-refractivity contribution in [2.24, 2.45) is 0 Å². The summed E-state index contributed by atoms with van der Waals surface area (Å²) < 4.78 is 36.9. The van der Waals surface area contributed by atoms with Gasteiger partial charge in [-0.15, -0.1) is 11.3 Å². The first kappa shape index (κ1) is 28.0. The van der Waals surface area contributed by atoms with E-state index in [0.29, 0.717) is 23.3 Å². The number of para-hydroxylation sites is 1. The highest BCUT2D eigenvalue weighted by Gasteiger charge is 2.34. The van der Waals surface area contributed by atoms with Gasteiger partial charge in [-0.05, 0) is 19.1 Å². The molecule has 11 heteroatoms. The predicted molar refractivity (Wildman–Crippen MR) is 155 cm³/mol. The summed E-state index contributed by atoms with van der Waals surface area (Å²) in [5, 5.41) is 0.927. The molecule has 1 aliphatic heterocycles. The average Bonchev–Trinajstić information content (AvgIpc) is 3.42. The normalized spacial score (nSPS) is 16.9. The van der Waals surface area contributed by atoms with Gasteiger partial charge in [-0.3, -0.25) is 23.6 Å². The second kappa shape index (κ2) is 12.2. The molecule has 0 aliphatic carbocycles. The second-order valence-corrected chi connectivity index (χ2v) is 12.4. The highest BCUT2D eigenvalue weighted by molar-refractivity contribution is 8.14. The molecule has 1 amide bonds. The third-order valence-corrected chi connectivity index (χ3v) is 9.14. The molecule has 38 heavy (non-hydrogen) atoms. The lowest BCUT2D eigenvalue weighted by molar-refractivity contribution is -0.560. The molecule has 3 aromatic rings. The number of benzene rings is 2. The van der Waals surface area contributed by atoms with E-state index in [4.69, 9.17) is 0 Å². The number of carbonyl (C=O) groups is 1. The molecule has 0 fully saturated rings. The number of thiazole rings is 1. The van der Waals surface area contributed by atoms with Crippen LogP contribution < -0.4 is 19.7 Å². The van der Waals surface area contributed by atoms with Gasteiger partial charge in [-0.2, -0.15) is 8.42 Å². The van der Waals surface area contributed by atoms with Crippen molar-refractivity contribution < 1.29 is 22.3 Å². The summed E-state index contributed by atoms with van der Waals surface area (Å²) in [6.45, 7) is 4.26. The van der Waals surface area contributed by atoms with Crippen LogP contribution in [0.4, 0.5) is 5.69 Å². The van der Waals surface area contributed by atoms with Gasteiger partial charge in [0, 0.05) is 37.3 Å². The molecule has 0 saturated heterocycles. The zero-order valence-corrected chi connectivity index (χ0v) is 23.6. The molecular formula is C27H30N3O5S3+. The van der Waals surface area contributed by atoms with Crippen molar-refractivity contribution in [1.82, 2.24) is 4.57 Å². The van der Waals surface area contributed by atoms with E-state index in [0.717, 1.165) is 21.0 Å². The highest BCUT2D eigenvalue weighted by atomic mass is 32.2. The van der Waals surface area contributed by atoms with Crippen LogP contribution in [0.25, 0.3) is 12.3 Å². The summed E-state index contributed by atoms with van der Waals surface area (Å²) in [4.78, 5) is 27.2. The summed E-state index contributed by atoms with van der Waals surface area (Å²) in [5.74, 6) is 0.254. The SMILES string of the molecule is CCn1c(=CC2=[N+](CCCS(=O)(=O)O)[C@@H](c3ccccc3)CS2)s/c(=C/N(C(C)=O)c2ccccc2)c1=O. The van der Waals surface area contributed by atoms with Crippen molar-refractivity contribution in [1.29, 1.82) is 0 Å². The van der Waals surface area contributed by atoms with Gasteiger partial charge in [0.2, 0.25) is 11.0 Å². The number of thioether (sulfide) groups is 1. The molecule has 1 aromatic heterocycles. The molecule has 200 valence electrons. The fourth-order valence-corrected chi connectivity index (χ4v) is 7.26. The highest BCUT2D eigenvalue weighted by Crippen LogP contribution is 2.31. The zero-order valence-electron chi connectivity index (χ0n) is 21.2. The molecule has 0 unspecified atom stereocenters. The van der Waals surface area contributed by atoms with E-state index in [1.165, 1.54) is 23.2 Å². The third-order valence-electron chi connectivity index (χ3n) is 6.15. The molecule has 0 spiro atoms. The maximum Gasteiger partial charge on any atom is 0.270 e. The number of nitrogens with zero attached hydrogens (tertiary/aromatic N) is 3. The zero-order chi connectivity index (χ0) is 27.3. The molecule has 1 N–H and O–H groups in total. The van der Waals surface area contributed by atoms with Crippen molar-refractivity contribution >= 4 is 62.1 Å². The molecule has 4 rings (SSSR count). The van der Waals surface area contributed by atoms with Crippen molar-refractivity contribution in [3.63, 3.8) is 0 Å². The number of carbonyl (C=O) groups excluding carboxylic acids is 1. The summed E-state index contributed by atoms with van der Waals surface area (Å²) in [5.41, 5.74) is 1.62. The Balaban J connectivity index is 1.81. The number of aromatic nitrogens is 1. The van der Waals surface area contributed by atoms with Crippen LogP contribution >= 0.6 is 23.1 Å². The number of hydrogen-bond acceptors (Lipinski definition) is 6. The minimum atomic E-state index is -4.06. The Labute approximate surface area is 230 Å². The molecule has 2 heterocycles. The van der Waals surface area contributed by atoms with Crippen LogP contribution in [0, 0.1) is 0 Å². The van der Waals surface area contributed by atoms with Crippen LogP contribution in [0.2, 0.25) is 0 Å². The van der Waals surface area contributed by atoms with Crippen LogP contribution in [-0.4, -0.2) is 51.1 Å². The van der Waals surface area contributed by atoms with Crippen LogP contribution in [0.15, 0.2) is 65.5 Å². The van der Waals surface area contributed by atoms with E-state index in [-0.39, 0.29) is 29.7 Å². The molecule has 0 radical (unpaired) electrons. The minimum Gasteiger partial charge on any atom is -0.299 e. The van der Waals surface area contributed by atoms with Crippen molar-refractivity contribution in [3.05, 3.63) is 85.8 Å². The second-order valence-electron chi connectivity index (χ2n) is 8.76. The minimum absolute atomic E-state index is 0.0351. The van der Waals surface area contributed by atoms with Gasteiger partial charge in [-0.25, -0.2) is 4.58 Å². The van der Waals surface area contributed by atoms with Crippen LogP contribution in [0.5, 0.6) is 0 Å². The lowest BCUT2D eigenvalue weighted by Gasteiger charge is -2.15. The summed E-state index contributed by atoms with van der Waals surface area (Å²) >= 11 is 2.96. The summed E-state index contributed by atoms with van der Waals surface area (Å²) in [6.07, 6.45) is 3.83. The largest absolute Gasteiger partial charge is 0.299 e. The molecule has 1 atom stereocenters. The topological polar surface area (TPSA) is 99.7 Å². The van der Waals surface area contributed by atoms with Crippen LogP contribution in [-0.2, 0) is 21.5 Å². The maximum absolute atomic E-state index is 13.3. The van der Waals surface area contributed by atoms with Gasteiger partial charge in [0.15, 0.2) is 6.04 Å². The lowest BCUT2D eigenvalue weighted by atomic mass is 10.1. The lowest BCUT2D eigenvalue weighted by Crippen LogP contribution is -2.34. The van der Waals surface area contributed by atoms with E-state index < -0.39 is 10.1 Å². The first-order chi connectivity index (χ1) is 18.2. The first-order valence-corrected chi connectivity index (χ1v) is 15.6. The molecule has 0 bridgehead atoms. The Morgan fingerprint density at radius 3 is 2.42 bits per heavy atom.